The molecule has 0 aliphatic carbocycles. The fourth-order valence-corrected chi connectivity index (χ4v) is 6.53. The zero-order valence-corrected chi connectivity index (χ0v) is 32.0. The number of carbonyl (C=O) groups is 1. The van der Waals surface area contributed by atoms with Crippen LogP contribution in [0.5, 0.6) is 5.75 Å². The second kappa shape index (κ2) is 17.6. The lowest BCUT2D eigenvalue weighted by molar-refractivity contribution is 0.00559. The summed E-state index contributed by atoms with van der Waals surface area (Å²) in [7, 11) is 1.91. The molecule has 0 aliphatic rings. The van der Waals surface area contributed by atoms with Crippen molar-refractivity contribution < 1.29 is 27.6 Å². The number of ether oxygens (including phenoxy) is 3. The first kappa shape index (κ1) is 39.2. The third-order valence-corrected chi connectivity index (χ3v) is 8.75. The molecule has 0 saturated carbocycles. The highest BCUT2D eigenvalue weighted by molar-refractivity contribution is 7.75. The molecule has 0 atom stereocenters. The Kier molecular flexibility index (Phi) is 13.8. The van der Waals surface area contributed by atoms with Crippen molar-refractivity contribution in [1.29, 1.82) is 0 Å². The monoisotopic (exact) mass is 725 g/mol. The van der Waals surface area contributed by atoms with Gasteiger partial charge in [0.25, 0.3) is 0 Å². The molecule has 0 N–H and O–H groups in total. The van der Waals surface area contributed by atoms with Crippen LogP contribution in [0.15, 0.2) is 48.5 Å². The predicted molar refractivity (Wildman–Crippen MR) is 203 cm³/mol. The third kappa shape index (κ3) is 9.01. The molecule has 50 heavy (non-hydrogen) atoms. The Balaban J connectivity index is 0.00000276. The quantitative estimate of drug-likeness (QED) is 0.0532. The van der Waals surface area contributed by atoms with Gasteiger partial charge in [-0.15, -0.1) is 0 Å². The lowest BCUT2D eigenvalue weighted by Crippen LogP contribution is -2.26. The van der Waals surface area contributed by atoms with Crippen molar-refractivity contribution in [3.8, 4) is 16.9 Å². The Hall–Kier alpha value is -3.57. The van der Waals surface area contributed by atoms with E-state index >= 15 is 0 Å². The number of esters is 1. The molecular weight excluding hydrogens is 677 g/mol. The van der Waals surface area contributed by atoms with Gasteiger partial charge in [-0.3, -0.25) is 4.68 Å². The predicted octanol–water partition coefficient (Wildman–Crippen LogP) is 9.87. The highest BCUT2D eigenvalue weighted by atomic mass is 35.5. The SMILES string of the molecule is CC.Cc1nn(C)c(C)c1-c1c(Cl)ccc2c(CCCOc3cccc4cc(F)ccc34)c(C(=O)OC(C)(C)C)n(CCCOCCOS)c12. The van der Waals surface area contributed by atoms with Gasteiger partial charge in [0.15, 0.2) is 0 Å². The highest BCUT2D eigenvalue weighted by Crippen LogP contribution is 2.42. The minimum atomic E-state index is -0.709. The first-order valence-corrected chi connectivity index (χ1v) is 17.9. The second-order valence-electron chi connectivity index (χ2n) is 12.8. The summed E-state index contributed by atoms with van der Waals surface area (Å²) in [6.45, 7) is 15.7. The van der Waals surface area contributed by atoms with E-state index in [0.717, 1.165) is 49.8 Å². The first-order chi connectivity index (χ1) is 23.9. The van der Waals surface area contributed by atoms with E-state index in [2.05, 4.69) is 18.0 Å². The van der Waals surface area contributed by atoms with Crippen molar-refractivity contribution in [3.63, 3.8) is 0 Å². The maximum absolute atomic E-state index is 14.1. The van der Waals surface area contributed by atoms with E-state index in [-0.39, 0.29) is 5.82 Å². The minimum absolute atomic E-state index is 0.292. The summed E-state index contributed by atoms with van der Waals surface area (Å²) in [5.74, 6) is -0.0147. The van der Waals surface area contributed by atoms with Gasteiger partial charge in [-0.2, -0.15) is 5.10 Å². The molecule has 0 unspecified atom stereocenters. The number of aryl methyl sites for hydroxylation is 4. The number of aromatic nitrogens is 3. The number of thiol groups is 1. The van der Waals surface area contributed by atoms with Crippen LogP contribution in [0.1, 0.15) is 74.9 Å². The smallest absolute Gasteiger partial charge is 0.355 e. The molecule has 8 nitrogen and oxygen atoms in total. The summed E-state index contributed by atoms with van der Waals surface area (Å²) in [5.41, 5.74) is 5.08. The van der Waals surface area contributed by atoms with Crippen molar-refractivity contribution in [2.45, 2.75) is 79.9 Å². The number of nitrogens with zero attached hydrogens (tertiary/aromatic N) is 3. The molecule has 0 saturated heterocycles. The lowest BCUT2D eigenvalue weighted by Gasteiger charge is -2.21. The maximum Gasteiger partial charge on any atom is 0.355 e. The molecule has 3 aromatic carbocycles. The van der Waals surface area contributed by atoms with Crippen LogP contribution in [0.25, 0.3) is 32.8 Å². The van der Waals surface area contributed by atoms with Gasteiger partial charge in [0.2, 0.25) is 0 Å². The van der Waals surface area contributed by atoms with Gasteiger partial charge in [0.1, 0.15) is 22.9 Å². The number of fused-ring (bicyclic) bond motifs is 2. The topological polar surface area (TPSA) is 76.7 Å². The molecular formula is C39H49ClFN3O5S. The Morgan fingerprint density at radius 2 is 1.70 bits per heavy atom. The zero-order chi connectivity index (χ0) is 36.6. The van der Waals surface area contributed by atoms with Gasteiger partial charge in [0, 0.05) is 47.8 Å². The van der Waals surface area contributed by atoms with Crippen molar-refractivity contribution in [1.82, 2.24) is 14.3 Å². The van der Waals surface area contributed by atoms with Gasteiger partial charge in [-0.25, -0.2) is 9.18 Å². The van der Waals surface area contributed by atoms with Crippen LogP contribution in [0, 0.1) is 19.7 Å². The number of hydrogen-bond acceptors (Lipinski definition) is 7. The Labute approximate surface area is 305 Å². The van der Waals surface area contributed by atoms with Gasteiger partial charge in [-0.1, -0.05) is 43.6 Å². The number of halogens is 2. The van der Waals surface area contributed by atoms with Crippen LogP contribution >= 0.6 is 24.5 Å². The Morgan fingerprint density at radius 3 is 2.38 bits per heavy atom. The normalized spacial score (nSPS) is 11.6. The van der Waals surface area contributed by atoms with Crippen LogP contribution in [0.2, 0.25) is 5.02 Å². The van der Waals surface area contributed by atoms with E-state index in [1.807, 2.05) is 95.1 Å². The number of hydrogen-bond donors (Lipinski definition) is 1. The second-order valence-corrected chi connectivity index (χ2v) is 13.5. The molecule has 0 aliphatic heterocycles. The summed E-state index contributed by atoms with van der Waals surface area (Å²) >= 11 is 10.8. The van der Waals surface area contributed by atoms with E-state index in [9.17, 15) is 9.18 Å². The van der Waals surface area contributed by atoms with Gasteiger partial charge in [0.05, 0.1) is 36.1 Å². The van der Waals surface area contributed by atoms with Crippen molar-refractivity contribution in [3.05, 3.63) is 82.0 Å². The molecule has 0 spiro atoms. The molecule has 5 rings (SSSR count). The molecule has 2 aromatic heterocycles. The van der Waals surface area contributed by atoms with Gasteiger partial charge in [-0.05, 0) is 108 Å². The molecule has 0 fully saturated rings. The Bertz CT molecular complexity index is 1930. The summed E-state index contributed by atoms with van der Waals surface area (Å²) < 4.78 is 40.6. The molecule has 0 radical (unpaired) electrons. The zero-order valence-electron chi connectivity index (χ0n) is 30.4. The number of carbonyl (C=O) groups excluding carboxylic acids is 1. The standard InChI is InChI=1S/C37H43ClFN3O5S.C2H6/c1-23-32(24(2)41(6)40-23)33-30(38)16-15-29-28(11-8-19-45-31-12-7-10-25-22-26(39)13-14-27(25)31)35(36(43)47-37(3,4)5)42(34(29)33)17-9-18-44-20-21-46-48;1-2/h7,10,12-16,22,48H,8-9,11,17-21H2,1-6H3;1-2H3. The van der Waals surface area contributed by atoms with Crippen LogP contribution in [-0.2, 0) is 33.7 Å². The summed E-state index contributed by atoms with van der Waals surface area (Å²) in [6.07, 6.45) is 1.79. The Morgan fingerprint density at radius 1 is 0.960 bits per heavy atom. The van der Waals surface area contributed by atoms with Crippen molar-refractivity contribution in [2.24, 2.45) is 7.05 Å². The summed E-state index contributed by atoms with van der Waals surface area (Å²) in [4.78, 5) is 14.1. The van der Waals surface area contributed by atoms with Crippen molar-refractivity contribution in [2.75, 3.05) is 26.4 Å². The largest absolute Gasteiger partial charge is 0.493 e. The van der Waals surface area contributed by atoms with E-state index in [1.54, 1.807) is 6.07 Å². The van der Waals surface area contributed by atoms with Gasteiger partial charge < -0.3 is 23.0 Å². The van der Waals surface area contributed by atoms with Crippen LogP contribution < -0.4 is 4.74 Å². The molecule has 0 amide bonds. The molecule has 270 valence electrons. The first-order valence-electron chi connectivity index (χ1n) is 17.1. The van der Waals surface area contributed by atoms with Crippen LogP contribution in [0.4, 0.5) is 4.39 Å². The lowest BCUT2D eigenvalue weighted by atomic mass is 9.98. The molecule has 2 heterocycles. The number of benzene rings is 3. The van der Waals surface area contributed by atoms with E-state index in [0.29, 0.717) is 68.7 Å². The summed E-state index contributed by atoms with van der Waals surface area (Å²) in [5, 5.41) is 7.78. The maximum atomic E-state index is 14.1. The molecule has 11 heteroatoms. The highest BCUT2D eigenvalue weighted by Gasteiger charge is 2.30. The summed E-state index contributed by atoms with van der Waals surface area (Å²) in [6, 6.07) is 14.1. The minimum Gasteiger partial charge on any atom is -0.493 e. The van der Waals surface area contributed by atoms with E-state index in [1.165, 1.54) is 12.1 Å². The molecule has 0 bridgehead atoms. The number of rotatable bonds is 14. The van der Waals surface area contributed by atoms with E-state index in [4.69, 9.17) is 30.0 Å². The fourth-order valence-electron chi connectivity index (χ4n) is 6.21. The average molecular weight is 726 g/mol. The average Bonchev–Trinajstić information content (AvgIpc) is 3.52. The third-order valence-electron chi connectivity index (χ3n) is 8.25. The fraction of sp³-hybridized carbons (Fsp3) is 0.436. The van der Waals surface area contributed by atoms with Gasteiger partial charge >= 0.3 is 5.97 Å². The van der Waals surface area contributed by atoms with E-state index < -0.39 is 11.6 Å². The van der Waals surface area contributed by atoms with Crippen LogP contribution in [0.3, 0.4) is 0 Å². The van der Waals surface area contributed by atoms with Crippen molar-refractivity contribution >= 4 is 52.2 Å². The van der Waals surface area contributed by atoms with Crippen LogP contribution in [-0.4, -0.2) is 52.3 Å². The molecule has 5 aromatic rings.